The quantitative estimate of drug-likeness (QED) is 0.591. The molecule has 0 spiro atoms. The van der Waals surface area contributed by atoms with Crippen LogP contribution in [-0.2, 0) is 0 Å². The molecule has 86 valence electrons. The van der Waals surface area contributed by atoms with Gasteiger partial charge in [-0.25, -0.2) is 0 Å². The molecule has 4 heteroatoms. The van der Waals surface area contributed by atoms with Gasteiger partial charge in [-0.2, -0.15) is 5.10 Å². The second kappa shape index (κ2) is 4.88. The Balaban J connectivity index is 2.02. The molecule has 2 N–H and O–H groups in total. The fourth-order valence-corrected chi connectivity index (χ4v) is 1.76. The lowest BCUT2D eigenvalue weighted by molar-refractivity contribution is 0.240. The maximum absolute atomic E-state index is 9.31. The SMILES string of the molecule is Oc1ccc(/C=N\N2CCCCC2)cc1O. The Morgan fingerprint density at radius 2 is 1.81 bits per heavy atom. The highest BCUT2D eigenvalue weighted by atomic mass is 16.3. The van der Waals surface area contributed by atoms with E-state index < -0.39 is 0 Å². The number of hydrogen-bond acceptors (Lipinski definition) is 4. The Morgan fingerprint density at radius 1 is 1.06 bits per heavy atom. The summed E-state index contributed by atoms with van der Waals surface area (Å²) in [4.78, 5) is 0. The second-order valence-corrected chi connectivity index (χ2v) is 4.01. The Morgan fingerprint density at radius 3 is 2.50 bits per heavy atom. The average Bonchev–Trinajstić information content (AvgIpc) is 2.32. The van der Waals surface area contributed by atoms with Gasteiger partial charge in [0.15, 0.2) is 11.5 Å². The summed E-state index contributed by atoms with van der Waals surface area (Å²) in [5, 5.41) is 24.8. The normalized spacial score (nSPS) is 16.9. The summed E-state index contributed by atoms with van der Waals surface area (Å²) in [6, 6.07) is 4.69. The Hall–Kier alpha value is -1.71. The zero-order valence-corrected chi connectivity index (χ0v) is 9.13. The summed E-state index contributed by atoms with van der Waals surface area (Å²) in [5.74, 6) is -0.210. The molecule has 1 fully saturated rings. The smallest absolute Gasteiger partial charge is 0.158 e. The minimum absolute atomic E-state index is 0.102. The minimum atomic E-state index is -0.109. The maximum atomic E-state index is 9.31. The van der Waals surface area contributed by atoms with E-state index in [0.29, 0.717) is 0 Å². The van der Waals surface area contributed by atoms with E-state index in [1.165, 1.54) is 31.4 Å². The molecule has 0 aromatic heterocycles. The lowest BCUT2D eigenvalue weighted by atomic mass is 10.2. The number of piperidine rings is 1. The highest BCUT2D eigenvalue weighted by Crippen LogP contribution is 2.24. The first-order valence-corrected chi connectivity index (χ1v) is 5.56. The van der Waals surface area contributed by atoms with Crippen molar-refractivity contribution in [3.05, 3.63) is 23.8 Å². The summed E-state index contributed by atoms with van der Waals surface area (Å²) in [5.41, 5.74) is 0.792. The number of hydrogen-bond donors (Lipinski definition) is 2. The molecule has 0 radical (unpaired) electrons. The van der Waals surface area contributed by atoms with Crippen LogP contribution in [-0.4, -0.2) is 34.5 Å². The zero-order chi connectivity index (χ0) is 11.4. The van der Waals surface area contributed by atoms with Crippen molar-refractivity contribution in [2.24, 2.45) is 5.10 Å². The fourth-order valence-electron chi connectivity index (χ4n) is 1.76. The van der Waals surface area contributed by atoms with Crippen molar-refractivity contribution in [3.8, 4) is 11.5 Å². The number of nitrogens with zero attached hydrogens (tertiary/aromatic N) is 2. The van der Waals surface area contributed by atoms with E-state index in [4.69, 9.17) is 5.11 Å². The van der Waals surface area contributed by atoms with E-state index >= 15 is 0 Å². The molecule has 0 unspecified atom stereocenters. The van der Waals surface area contributed by atoms with Crippen LogP contribution in [0.15, 0.2) is 23.3 Å². The summed E-state index contributed by atoms with van der Waals surface area (Å²) in [6.07, 6.45) is 5.38. The zero-order valence-electron chi connectivity index (χ0n) is 9.13. The number of phenolic OH excluding ortho intramolecular Hbond substituents is 2. The van der Waals surface area contributed by atoms with Crippen molar-refractivity contribution in [2.45, 2.75) is 19.3 Å². The van der Waals surface area contributed by atoms with Gasteiger partial charge in [-0.15, -0.1) is 0 Å². The summed E-state index contributed by atoms with van der Waals surface area (Å²) in [6.45, 7) is 2.00. The highest BCUT2D eigenvalue weighted by molar-refractivity contribution is 5.80. The Bertz CT molecular complexity index is 385. The molecule has 1 saturated heterocycles. The topological polar surface area (TPSA) is 56.1 Å². The Labute approximate surface area is 94.8 Å². The molecule has 1 aromatic carbocycles. The molecule has 2 rings (SSSR count). The average molecular weight is 220 g/mol. The Kier molecular flexibility index (Phi) is 3.29. The number of aromatic hydroxyl groups is 2. The summed E-state index contributed by atoms with van der Waals surface area (Å²) < 4.78 is 0. The standard InChI is InChI=1S/C12H16N2O2/c15-11-5-4-10(8-12(11)16)9-13-14-6-2-1-3-7-14/h4-5,8-9,15-16H,1-3,6-7H2/b13-9-. The second-order valence-electron chi connectivity index (χ2n) is 4.01. The molecule has 1 aliphatic heterocycles. The molecule has 4 nitrogen and oxygen atoms in total. The molecule has 0 atom stereocenters. The molecule has 0 amide bonds. The molecule has 1 aromatic rings. The third kappa shape index (κ3) is 2.66. The third-order valence-corrected chi connectivity index (χ3v) is 2.70. The monoisotopic (exact) mass is 220 g/mol. The van der Waals surface area contributed by atoms with E-state index in [1.54, 1.807) is 12.3 Å². The first-order chi connectivity index (χ1) is 7.75. The van der Waals surface area contributed by atoms with Gasteiger partial charge in [0.1, 0.15) is 0 Å². The lowest BCUT2D eigenvalue weighted by Gasteiger charge is -2.23. The van der Waals surface area contributed by atoms with Gasteiger partial charge >= 0.3 is 0 Å². The van der Waals surface area contributed by atoms with Gasteiger partial charge in [0.25, 0.3) is 0 Å². The molecule has 0 aliphatic carbocycles. The molecule has 1 heterocycles. The van der Waals surface area contributed by atoms with Gasteiger partial charge in [0.05, 0.1) is 6.21 Å². The first-order valence-electron chi connectivity index (χ1n) is 5.56. The van der Waals surface area contributed by atoms with Crippen LogP contribution < -0.4 is 0 Å². The van der Waals surface area contributed by atoms with Gasteiger partial charge < -0.3 is 10.2 Å². The summed E-state index contributed by atoms with van der Waals surface area (Å²) >= 11 is 0. The van der Waals surface area contributed by atoms with Crippen LogP contribution in [0.25, 0.3) is 0 Å². The number of rotatable bonds is 2. The van der Waals surface area contributed by atoms with Crippen molar-refractivity contribution < 1.29 is 10.2 Å². The van der Waals surface area contributed by atoms with Crippen molar-refractivity contribution in [1.29, 1.82) is 0 Å². The van der Waals surface area contributed by atoms with Crippen LogP contribution in [0.5, 0.6) is 11.5 Å². The predicted octanol–water partition coefficient (Wildman–Crippen LogP) is 1.92. The van der Waals surface area contributed by atoms with Gasteiger partial charge in [-0.05, 0) is 43.0 Å². The molecular weight excluding hydrogens is 204 g/mol. The molecule has 0 saturated carbocycles. The van der Waals surface area contributed by atoms with E-state index in [-0.39, 0.29) is 11.5 Å². The van der Waals surface area contributed by atoms with E-state index in [9.17, 15) is 5.11 Å². The highest BCUT2D eigenvalue weighted by Gasteiger charge is 2.06. The molecule has 0 bridgehead atoms. The van der Waals surface area contributed by atoms with E-state index in [1.807, 2.05) is 5.01 Å². The number of benzene rings is 1. The lowest BCUT2D eigenvalue weighted by Crippen LogP contribution is -2.24. The molecule has 1 aliphatic rings. The first kappa shape index (κ1) is 10.8. The van der Waals surface area contributed by atoms with Crippen LogP contribution in [0.4, 0.5) is 0 Å². The van der Waals surface area contributed by atoms with Gasteiger partial charge in [0, 0.05) is 13.1 Å². The predicted molar refractivity (Wildman–Crippen MR) is 62.8 cm³/mol. The van der Waals surface area contributed by atoms with Crippen LogP contribution >= 0.6 is 0 Å². The fraction of sp³-hybridized carbons (Fsp3) is 0.417. The van der Waals surface area contributed by atoms with Gasteiger partial charge in [0.2, 0.25) is 0 Å². The van der Waals surface area contributed by atoms with Crippen LogP contribution in [0.1, 0.15) is 24.8 Å². The van der Waals surface area contributed by atoms with Crippen LogP contribution in [0, 0.1) is 0 Å². The van der Waals surface area contributed by atoms with Gasteiger partial charge in [-0.3, -0.25) is 5.01 Å². The van der Waals surface area contributed by atoms with Crippen molar-refractivity contribution in [3.63, 3.8) is 0 Å². The molecule has 16 heavy (non-hydrogen) atoms. The van der Waals surface area contributed by atoms with Gasteiger partial charge in [-0.1, -0.05) is 0 Å². The van der Waals surface area contributed by atoms with E-state index in [2.05, 4.69) is 5.10 Å². The molecular formula is C12H16N2O2. The van der Waals surface area contributed by atoms with Crippen molar-refractivity contribution in [2.75, 3.05) is 13.1 Å². The third-order valence-electron chi connectivity index (χ3n) is 2.70. The van der Waals surface area contributed by atoms with E-state index in [0.717, 1.165) is 18.7 Å². The van der Waals surface area contributed by atoms with Crippen LogP contribution in [0.2, 0.25) is 0 Å². The number of hydrazone groups is 1. The van der Waals surface area contributed by atoms with Crippen LogP contribution in [0.3, 0.4) is 0 Å². The summed E-state index contributed by atoms with van der Waals surface area (Å²) in [7, 11) is 0. The minimum Gasteiger partial charge on any atom is -0.504 e. The largest absolute Gasteiger partial charge is 0.504 e. The number of phenols is 2. The van der Waals surface area contributed by atoms with Crippen molar-refractivity contribution >= 4 is 6.21 Å². The van der Waals surface area contributed by atoms with Crippen molar-refractivity contribution in [1.82, 2.24) is 5.01 Å². The maximum Gasteiger partial charge on any atom is 0.158 e.